The van der Waals surface area contributed by atoms with Crippen LogP contribution in [0.3, 0.4) is 0 Å². The Hall–Kier alpha value is -2.53. The van der Waals surface area contributed by atoms with Gasteiger partial charge >= 0.3 is 6.18 Å². The molecule has 1 spiro atoms. The average Bonchev–Trinajstić information content (AvgIpc) is 2.97. The van der Waals surface area contributed by atoms with Crippen molar-refractivity contribution in [1.82, 2.24) is 15.1 Å². The van der Waals surface area contributed by atoms with Gasteiger partial charge in [-0.25, -0.2) is 0 Å². The monoisotopic (exact) mass is 376 g/mol. The highest BCUT2D eigenvalue weighted by atomic mass is 19.4. The van der Waals surface area contributed by atoms with Crippen molar-refractivity contribution >= 4 is 5.78 Å². The van der Waals surface area contributed by atoms with E-state index in [1.165, 1.54) is 12.1 Å². The molecule has 1 N–H and O–H groups in total. The Kier molecular flexibility index (Phi) is 3.96. The van der Waals surface area contributed by atoms with Crippen molar-refractivity contribution in [3.05, 3.63) is 47.3 Å². The van der Waals surface area contributed by atoms with Crippen LogP contribution in [0.4, 0.5) is 13.2 Å². The number of nitriles is 1. The molecule has 2 fully saturated rings. The van der Waals surface area contributed by atoms with Gasteiger partial charge in [0, 0.05) is 32.3 Å². The third kappa shape index (κ3) is 2.60. The molecule has 27 heavy (non-hydrogen) atoms. The molecular weight excluding hydrogens is 357 g/mol. The van der Waals surface area contributed by atoms with Gasteiger partial charge in [-0.2, -0.15) is 18.4 Å². The first-order valence-electron chi connectivity index (χ1n) is 8.85. The molecule has 1 saturated carbocycles. The number of benzene rings is 1. The van der Waals surface area contributed by atoms with Crippen LogP contribution in [0.25, 0.3) is 0 Å². The smallest absolute Gasteiger partial charge is 0.375 e. The zero-order chi connectivity index (χ0) is 19.4. The van der Waals surface area contributed by atoms with Gasteiger partial charge in [-0.1, -0.05) is 12.1 Å². The molecule has 0 amide bonds. The van der Waals surface area contributed by atoms with E-state index in [0.717, 1.165) is 25.0 Å². The third-order valence-corrected chi connectivity index (χ3v) is 5.76. The van der Waals surface area contributed by atoms with Crippen LogP contribution in [0.1, 0.15) is 36.6 Å². The Labute approximate surface area is 155 Å². The van der Waals surface area contributed by atoms with E-state index in [1.807, 2.05) is 11.9 Å². The number of hydrogen-bond donors (Lipinski definition) is 1. The molecule has 3 aliphatic rings. The number of halogens is 3. The number of rotatable bonds is 1. The van der Waals surface area contributed by atoms with E-state index in [9.17, 15) is 23.2 Å². The van der Waals surface area contributed by atoms with Gasteiger partial charge < -0.3 is 9.80 Å². The number of carbonyl (C=O) groups excluding carboxylic acids is 1. The Morgan fingerprint density at radius 1 is 1.30 bits per heavy atom. The van der Waals surface area contributed by atoms with Gasteiger partial charge in [-0.05, 0) is 30.5 Å². The maximum atomic E-state index is 13.0. The van der Waals surface area contributed by atoms with Crippen molar-refractivity contribution in [2.75, 3.05) is 13.6 Å². The largest absolute Gasteiger partial charge is 0.416 e. The summed E-state index contributed by atoms with van der Waals surface area (Å²) in [5.41, 5.74) is -0.628. The maximum absolute atomic E-state index is 13.0. The molecule has 0 aromatic heterocycles. The standard InChI is InChI=1S/C19H19F3N4O/c1-25-10-14(9-23)26-17(12-5-7-13(8-6-12)19(20,21)22)24-15-3-2-4-16(27)18(15,26)11-25/h5-8,10,15,17,24H,2-4,11H2,1H3. The zero-order valence-corrected chi connectivity index (χ0v) is 14.8. The number of likely N-dealkylation sites (N-methyl/N-ethyl adjacent to an activating group) is 1. The van der Waals surface area contributed by atoms with Gasteiger partial charge in [-0.3, -0.25) is 10.1 Å². The highest BCUT2D eigenvalue weighted by Crippen LogP contribution is 2.47. The molecule has 4 rings (SSSR count). The molecule has 1 aromatic carbocycles. The predicted octanol–water partition coefficient (Wildman–Crippen LogP) is 2.78. The molecule has 5 nitrogen and oxygen atoms in total. The summed E-state index contributed by atoms with van der Waals surface area (Å²) in [7, 11) is 1.83. The summed E-state index contributed by atoms with van der Waals surface area (Å²) in [6, 6.07) is 6.94. The molecule has 2 aliphatic heterocycles. The summed E-state index contributed by atoms with van der Waals surface area (Å²) in [4.78, 5) is 16.7. The molecule has 1 aromatic rings. The fraction of sp³-hybridized carbons (Fsp3) is 0.474. The molecule has 3 unspecified atom stereocenters. The Bertz CT molecular complexity index is 842. The summed E-state index contributed by atoms with van der Waals surface area (Å²) in [5.74, 6) is 0.0772. The van der Waals surface area contributed by atoms with E-state index in [-0.39, 0.29) is 11.8 Å². The maximum Gasteiger partial charge on any atom is 0.416 e. The lowest BCUT2D eigenvalue weighted by Crippen LogP contribution is -2.65. The number of carbonyl (C=O) groups is 1. The van der Waals surface area contributed by atoms with Crippen molar-refractivity contribution in [2.24, 2.45) is 0 Å². The summed E-state index contributed by atoms with van der Waals surface area (Å²) < 4.78 is 38.7. The van der Waals surface area contributed by atoms with Gasteiger partial charge in [0.2, 0.25) is 0 Å². The predicted molar refractivity (Wildman–Crippen MR) is 90.9 cm³/mol. The lowest BCUT2D eigenvalue weighted by molar-refractivity contribution is -0.137. The number of alkyl halides is 3. The Balaban J connectivity index is 1.79. The number of nitrogens with zero attached hydrogens (tertiary/aromatic N) is 3. The summed E-state index contributed by atoms with van der Waals surface area (Å²) in [6.07, 6.45) is -1.24. The Morgan fingerprint density at radius 3 is 2.63 bits per heavy atom. The summed E-state index contributed by atoms with van der Waals surface area (Å²) >= 11 is 0. The van der Waals surface area contributed by atoms with Gasteiger partial charge in [0.1, 0.15) is 23.5 Å². The van der Waals surface area contributed by atoms with Gasteiger partial charge in [-0.15, -0.1) is 0 Å². The topological polar surface area (TPSA) is 59.4 Å². The minimum atomic E-state index is -4.40. The van der Waals surface area contributed by atoms with Crippen LogP contribution in [-0.2, 0) is 11.0 Å². The van der Waals surface area contributed by atoms with Crippen LogP contribution in [0.5, 0.6) is 0 Å². The summed E-state index contributed by atoms with van der Waals surface area (Å²) in [6.45, 7) is 0.450. The van der Waals surface area contributed by atoms with Crippen molar-refractivity contribution < 1.29 is 18.0 Å². The van der Waals surface area contributed by atoms with Crippen molar-refractivity contribution in [1.29, 1.82) is 5.26 Å². The molecule has 2 heterocycles. The highest BCUT2D eigenvalue weighted by molar-refractivity contribution is 5.92. The second-order valence-corrected chi connectivity index (χ2v) is 7.39. The Morgan fingerprint density at radius 2 is 2.00 bits per heavy atom. The highest BCUT2D eigenvalue weighted by Gasteiger charge is 2.61. The van der Waals surface area contributed by atoms with Gasteiger partial charge in [0.15, 0.2) is 5.78 Å². The molecule has 0 radical (unpaired) electrons. The van der Waals surface area contributed by atoms with E-state index in [4.69, 9.17) is 0 Å². The number of ketones is 1. The second kappa shape index (κ2) is 5.99. The van der Waals surface area contributed by atoms with Crippen molar-refractivity contribution in [3.8, 4) is 6.07 Å². The van der Waals surface area contributed by atoms with Crippen LogP contribution >= 0.6 is 0 Å². The van der Waals surface area contributed by atoms with Gasteiger partial charge in [0.05, 0.1) is 5.56 Å². The average molecular weight is 376 g/mol. The molecule has 3 atom stereocenters. The zero-order valence-electron chi connectivity index (χ0n) is 14.8. The van der Waals surface area contributed by atoms with Crippen molar-refractivity contribution in [3.63, 3.8) is 0 Å². The van der Waals surface area contributed by atoms with Crippen LogP contribution in [0, 0.1) is 11.3 Å². The van der Waals surface area contributed by atoms with Crippen LogP contribution < -0.4 is 5.32 Å². The third-order valence-electron chi connectivity index (χ3n) is 5.76. The SMILES string of the molecule is CN1C=C(C#N)N2C(c3ccc(C(F)(F)F)cc3)NC3CCCC(=O)C32C1. The molecule has 1 aliphatic carbocycles. The number of hydrogen-bond acceptors (Lipinski definition) is 5. The van der Waals surface area contributed by atoms with E-state index in [1.54, 1.807) is 11.1 Å². The lowest BCUT2D eigenvalue weighted by Gasteiger charge is -2.49. The first kappa shape index (κ1) is 17.9. The fourth-order valence-corrected chi connectivity index (χ4v) is 4.64. The minimum Gasteiger partial charge on any atom is -0.375 e. The first-order chi connectivity index (χ1) is 12.8. The first-order valence-corrected chi connectivity index (χ1v) is 8.85. The van der Waals surface area contributed by atoms with E-state index >= 15 is 0 Å². The lowest BCUT2D eigenvalue weighted by atomic mass is 9.75. The van der Waals surface area contributed by atoms with Crippen molar-refractivity contribution in [2.45, 2.75) is 43.2 Å². The number of allylic oxidation sites excluding steroid dienone is 1. The van der Waals surface area contributed by atoms with Crippen LogP contribution in [0.15, 0.2) is 36.2 Å². The molecule has 142 valence electrons. The molecule has 0 bridgehead atoms. The van der Waals surface area contributed by atoms with E-state index in [2.05, 4.69) is 11.4 Å². The number of nitrogens with one attached hydrogen (secondary N) is 1. The minimum absolute atomic E-state index is 0.0772. The van der Waals surface area contributed by atoms with Crippen LogP contribution in [-0.4, -0.2) is 40.8 Å². The normalized spacial score (nSPS) is 30.5. The molecule has 8 heteroatoms. The van der Waals surface area contributed by atoms with Crippen LogP contribution in [0.2, 0.25) is 0 Å². The fourth-order valence-electron chi connectivity index (χ4n) is 4.64. The summed E-state index contributed by atoms with van der Waals surface area (Å²) in [5, 5.41) is 13.1. The van der Waals surface area contributed by atoms with E-state index < -0.39 is 23.4 Å². The number of Topliss-reactive ketones (excluding diaryl/α,β-unsaturated/α-hetero) is 1. The molecular formula is C19H19F3N4O. The quantitative estimate of drug-likeness (QED) is 0.817. The second-order valence-electron chi connectivity index (χ2n) is 7.39. The van der Waals surface area contributed by atoms with Gasteiger partial charge in [0.25, 0.3) is 0 Å². The van der Waals surface area contributed by atoms with E-state index in [0.29, 0.717) is 24.2 Å². The molecule has 1 saturated heterocycles.